The van der Waals surface area contributed by atoms with Gasteiger partial charge in [0.25, 0.3) is 0 Å². The molecular weight excluding hydrogens is 283 g/mol. The molecule has 0 spiro atoms. The van der Waals surface area contributed by atoms with Crippen LogP contribution in [0, 0.1) is 11.2 Å². The van der Waals surface area contributed by atoms with E-state index in [0.717, 1.165) is 38.8 Å². The Balaban J connectivity index is 1.71. The second-order valence-electron chi connectivity index (χ2n) is 6.22. The molecule has 2 aliphatic rings. The Morgan fingerprint density at radius 1 is 1.05 bits per heavy atom. The van der Waals surface area contributed by atoms with Crippen LogP contribution >= 0.6 is 0 Å². The summed E-state index contributed by atoms with van der Waals surface area (Å²) in [6, 6.07) is 6.04. The lowest BCUT2D eigenvalue weighted by Gasteiger charge is -2.25. The SMILES string of the molecule is O=C(Nc1ccccc1F)C1(C(=O)N2CCCCCC2)CC1. The molecular formula is C17H21FN2O2. The van der Waals surface area contributed by atoms with Crippen LogP contribution in [-0.4, -0.2) is 29.8 Å². The molecule has 1 aromatic carbocycles. The molecule has 1 saturated carbocycles. The van der Waals surface area contributed by atoms with Crippen molar-refractivity contribution in [3.63, 3.8) is 0 Å². The minimum Gasteiger partial charge on any atom is -0.342 e. The molecule has 118 valence electrons. The van der Waals surface area contributed by atoms with Gasteiger partial charge in [-0.2, -0.15) is 0 Å². The van der Waals surface area contributed by atoms with Crippen LogP contribution in [0.3, 0.4) is 0 Å². The lowest BCUT2D eigenvalue weighted by molar-refractivity contribution is -0.142. The lowest BCUT2D eigenvalue weighted by Crippen LogP contribution is -2.43. The van der Waals surface area contributed by atoms with E-state index in [2.05, 4.69) is 5.32 Å². The molecule has 0 radical (unpaired) electrons. The fourth-order valence-electron chi connectivity index (χ4n) is 3.04. The van der Waals surface area contributed by atoms with E-state index >= 15 is 0 Å². The van der Waals surface area contributed by atoms with Crippen molar-refractivity contribution in [1.82, 2.24) is 4.90 Å². The highest BCUT2D eigenvalue weighted by Crippen LogP contribution is 2.48. The maximum Gasteiger partial charge on any atom is 0.240 e. The Morgan fingerprint density at radius 3 is 2.27 bits per heavy atom. The molecule has 2 amide bonds. The molecule has 5 heteroatoms. The Hall–Kier alpha value is -1.91. The van der Waals surface area contributed by atoms with Crippen molar-refractivity contribution in [1.29, 1.82) is 0 Å². The number of hydrogen-bond acceptors (Lipinski definition) is 2. The summed E-state index contributed by atoms with van der Waals surface area (Å²) < 4.78 is 13.7. The van der Waals surface area contributed by atoms with E-state index in [9.17, 15) is 14.0 Å². The van der Waals surface area contributed by atoms with Gasteiger partial charge in [-0.15, -0.1) is 0 Å². The van der Waals surface area contributed by atoms with Gasteiger partial charge >= 0.3 is 0 Å². The second kappa shape index (κ2) is 6.07. The van der Waals surface area contributed by atoms with Crippen LogP contribution in [0.15, 0.2) is 24.3 Å². The van der Waals surface area contributed by atoms with Crippen LogP contribution < -0.4 is 5.32 Å². The average molecular weight is 304 g/mol. The molecule has 0 atom stereocenters. The van der Waals surface area contributed by atoms with E-state index in [4.69, 9.17) is 0 Å². The summed E-state index contributed by atoms with van der Waals surface area (Å²) in [6.07, 6.45) is 5.38. The third-order valence-corrected chi connectivity index (χ3v) is 4.61. The molecule has 3 rings (SSSR count). The number of para-hydroxylation sites is 1. The summed E-state index contributed by atoms with van der Waals surface area (Å²) in [5, 5.41) is 2.59. The summed E-state index contributed by atoms with van der Waals surface area (Å²) in [7, 11) is 0. The van der Waals surface area contributed by atoms with Crippen molar-refractivity contribution in [2.45, 2.75) is 38.5 Å². The Labute approximate surface area is 129 Å². The van der Waals surface area contributed by atoms with Gasteiger partial charge in [0.2, 0.25) is 11.8 Å². The molecule has 2 fully saturated rings. The first kappa shape index (κ1) is 15.0. The lowest BCUT2D eigenvalue weighted by atomic mass is 10.0. The molecule has 0 bridgehead atoms. The van der Waals surface area contributed by atoms with Gasteiger partial charge in [-0.05, 0) is 37.8 Å². The van der Waals surface area contributed by atoms with Crippen molar-refractivity contribution >= 4 is 17.5 Å². The van der Waals surface area contributed by atoms with Crippen LogP contribution in [0.4, 0.5) is 10.1 Å². The predicted octanol–water partition coefficient (Wildman–Crippen LogP) is 2.95. The molecule has 1 aliphatic carbocycles. The number of nitrogens with zero attached hydrogens (tertiary/aromatic N) is 1. The molecule has 1 N–H and O–H groups in total. The Bertz CT molecular complexity index is 576. The van der Waals surface area contributed by atoms with Crippen LogP contribution in [-0.2, 0) is 9.59 Å². The Kier molecular flexibility index (Phi) is 4.14. The summed E-state index contributed by atoms with van der Waals surface area (Å²) in [6.45, 7) is 1.46. The Morgan fingerprint density at radius 2 is 1.68 bits per heavy atom. The highest BCUT2D eigenvalue weighted by molar-refractivity contribution is 6.13. The maximum absolute atomic E-state index is 13.7. The number of carbonyl (C=O) groups is 2. The van der Waals surface area contributed by atoms with Crippen molar-refractivity contribution in [3.05, 3.63) is 30.1 Å². The van der Waals surface area contributed by atoms with E-state index in [1.165, 1.54) is 12.1 Å². The summed E-state index contributed by atoms with van der Waals surface area (Å²) in [4.78, 5) is 27.0. The highest BCUT2D eigenvalue weighted by atomic mass is 19.1. The van der Waals surface area contributed by atoms with Gasteiger partial charge in [0.05, 0.1) is 5.69 Å². The normalized spacial score (nSPS) is 20.1. The molecule has 1 saturated heterocycles. The molecule has 4 nitrogen and oxygen atoms in total. The first-order valence-corrected chi connectivity index (χ1v) is 7.99. The molecule has 1 heterocycles. The number of nitrogens with one attached hydrogen (secondary N) is 1. The largest absolute Gasteiger partial charge is 0.342 e. The number of rotatable bonds is 3. The first-order valence-electron chi connectivity index (χ1n) is 7.99. The average Bonchev–Trinajstić information content (AvgIpc) is 3.34. The smallest absolute Gasteiger partial charge is 0.240 e. The van der Waals surface area contributed by atoms with Crippen LogP contribution in [0.2, 0.25) is 0 Å². The van der Waals surface area contributed by atoms with E-state index in [1.807, 2.05) is 4.90 Å². The van der Waals surface area contributed by atoms with Crippen LogP contribution in [0.5, 0.6) is 0 Å². The number of anilines is 1. The zero-order valence-corrected chi connectivity index (χ0v) is 12.6. The van der Waals surface area contributed by atoms with Crippen LogP contribution in [0.1, 0.15) is 38.5 Å². The fraction of sp³-hybridized carbons (Fsp3) is 0.529. The number of likely N-dealkylation sites (tertiary alicyclic amines) is 1. The first-order chi connectivity index (χ1) is 10.6. The number of carbonyl (C=O) groups excluding carboxylic acids is 2. The van der Waals surface area contributed by atoms with Gasteiger partial charge in [0, 0.05) is 13.1 Å². The van der Waals surface area contributed by atoms with Crippen molar-refractivity contribution in [2.75, 3.05) is 18.4 Å². The van der Waals surface area contributed by atoms with Crippen molar-refractivity contribution in [3.8, 4) is 0 Å². The summed E-state index contributed by atoms with van der Waals surface area (Å²) in [5.74, 6) is -0.927. The van der Waals surface area contributed by atoms with E-state index in [1.54, 1.807) is 12.1 Å². The van der Waals surface area contributed by atoms with Gasteiger partial charge in [0.15, 0.2) is 0 Å². The van der Waals surface area contributed by atoms with Gasteiger partial charge in [0.1, 0.15) is 11.2 Å². The topological polar surface area (TPSA) is 49.4 Å². The van der Waals surface area contributed by atoms with E-state index < -0.39 is 11.2 Å². The monoisotopic (exact) mass is 304 g/mol. The minimum absolute atomic E-state index is 0.0803. The number of hydrogen-bond donors (Lipinski definition) is 1. The third-order valence-electron chi connectivity index (χ3n) is 4.61. The third kappa shape index (κ3) is 2.85. The molecule has 0 aromatic heterocycles. The molecule has 1 aromatic rings. The maximum atomic E-state index is 13.7. The summed E-state index contributed by atoms with van der Waals surface area (Å²) >= 11 is 0. The zero-order chi connectivity index (χ0) is 15.6. The van der Waals surface area contributed by atoms with Gasteiger partial charge in [-0.3, -0.25) is 9.59 Å². The number of amides is 2. The van der Waals surface area contributed by atoms with Crippen LogP contribution in [0.25, 0.3) is 0 Å². The van der Waals surface area contributed by atoms with Gasteiger partial charge < -0.3 is 10.2 Å². The standard InChI is InChI=1S/C17H21FN2O2/c18-13-7-3-4-8-14(13)19-15(21)17(9-10-17)16(22)20-11-5-1-2-6-12-20/h3-4,7-8H,1-2,5-6,9-12H2,(H,19,21). The van der Waals surface area contributed by atoms with E-state index in [0.29, 0.717) is 12.8 Å². The van der Waals surface area contributed by atoms with Crippen molar-refractivity contribution in [2.24, 2.45) is 5.41 Å². The fourth-order valence-corrected chi connectivity index (χ4v) is 3.04. The van der Waals surface area contributed by atoms with Gasteiger partial charge in [-0.25, -0.2) is 4.39 Å². The quantitative estimate of drug-likeness (QED) is 0.873. The predicted molar refractivity (Wildman–Crippen MR) is 81.7 cm³/mol. The molecule has 0 unspecified atom stereocenters. The number of benzene rings is 1. The zero-order valence-electron chi connectivity index (χ0n) is 12.6. The molecule has 1 aliphatic heterocycles. The van der Waals surface area contributed by atoms with Gasteiger partial charge in [-0.1, -0.05) is 25.0 Å². The second-order valence-corrected chi connectivity index (χ2v) is 6.22. The van der Waals surface area contributed by atoms with Crippen molar-refractivity contribution < 1.29 is 14.0 Å². The van der Waals surface area contributed by atoms with E-state index in [-0.39, 0.29) is 17.5 Å². The molecule has 22 heavy (non-hydrogen) atoms. The highest BCUT2D eigenvalue weighted by Gasteiger charge is 2.58. The minimum atomic E-state index is -0.966. The number of halogens is 1. The summed E-state index contributed by atoms with van der Waals surface area (Å²) in [5.41, 5.74) is -0.825.